The van der Waals surface area contributed by atoms with Gasteiger partial charge in [-0.2, -0.15) is 0 Å². The molecular weight excluding hydrogens is 196 g/mol. The third-order valence-corrected chi connectivity index (χ3v) is 4.06. The molecular formula is C14H28N2. The van der Waals surface area contributed by atoms with Crippen molar-refractivity contribution in [3.8, 4) is 0 Å². The SMILES string of the molecule is C1CCCN(N2CCCCCCC2)CCC1. The monoisotopic (exact) mass is 224 g/mol. The molecule has 0 aliphatic carbocycles. The maximum Gasteiger partial charge on any atom is 0.0133 e. The number of rotatable bonds is 1. The van der Waals surface area contributed by atoms with Crippen LogP contribution >= 0.6 is 0 Å². The third kappa shape index (κ3) is 4.06. The first-order valence-electron chi connectivity index (χ1n) is 7.46. The summed E-state index contributed by atoms with van der Waals surface area (Å²) in [4.78, 5) is 0. The average Bonchev–Trinajstić information content (AvgIpc) is 2.18. The number of hydrogen-bond donors (Lipinski definition) is 0. The van der Waals surface area contributed by atoms with E-state index in [4.69, 9.17) is 0 Å². The molecule has 2 saturated heterocycles. The Morgan fingerprint density at radius 2 is 0.562 bits per heavy atom. The molecule has 2 heterocycles. The number of hydrazine groups is 1. The first kappa shape index (κ1) is 12.4. The molecule has 0 N–H and O–H groups in total. The van der Waals surface area contributed by atoms with Crippen LogP contribution in [0.2, 0.25) is 0 Å². The molecule has 94 valence electrons. The molecule has 0 spiro atoms. The standard InChI is InChI=1S/C14H28N2/c1-3-7-11-15(12-8-4-1)16-13-9-5-2-6-10-14-16/h1-14H2. The van der Waals surface area contributed by atoms with E-state index in [0.29, 0.717) is 0 Å². The van der Waals surface area contributed by atoms with Crippen LogP contribution in [0.4, 0.5) is 0 Å². The van der Waals surface area contributed by atoms with Crippen LogP contribution in [-0.4, -0.2) is 36.2 Å². The van der Waals surface area contributed by atoms with Crippen molar-refractivity contribution in [1.29, 1.82) is 0 Å². The lowest BCUT2D eigenvalue weighted by molar-refractivity contribution is -0.0361. The predicted molar refractivity (Wildman–Crippen MR) is 69.3 cm³/mol. The van der Waals surface area contributed by atoms with Crippen LogP contribution in [-0.2, 0) is 0 Å². The fraction of sp³-hybridized carbons (Fsp3) is 1.00. The molecule has 0 amide bonds. The van der Waals surface area contributed by atoms with E-state index in [1.807, 2.05) is 0 Å². The van der Waals surface area contributed by atoms with Crippen LogP contribution in [0.5, 0.6) is 0 Å². The summed E-state index contributed by atoms with van der Waals surface area (Å²) >= 11 is 0. The van der Waals surface area contributed by atoms with Gasteiger partial charge in [0.15, 0.2) is 0 Å². The third-order valence-electron chi connectivity index (χ3n) is 4.06. The van der Waals surface area contributed by atoms with Gasteiger partial charge in [-0.05, 0) is 25.7 Å². The molecule has 2 aliphatic rings. The minimum Gasteiger partial charge on any atom is -0.242 e. The Hall–Kier alpha value is -0.0800. The summed E-state index contributed by atoms with van der Waals surface area (Å²) in [6.45, 7) is 5.28. The van der Waals surface area contributed by atoms with E-state index in [1.54, 1.807) is 0 Å². The highest BCUT2D eigenvalue weighted by molar-refractivity contribution is 4.65. The first-order chi connectivity index (χ1) is 7.97. The molecule has 0 aromatic carbocycles. The summed E-state index contributed by atoms with van der Waals surface area (Å²) in [6, 6.07) is 0. The lowest BCUT2D eigenvalue weighted by Crippen LogP contribution is -2.45. The molecule has 0 radical (unpaired) electrons. The molecule has 0 aromatic heterocycles. The summed E-state index contributed by atoms with van der Waals surface area (Å²) in [5.74, 6) is 0. The highest BCUT2D eigenvalue weighted by atomic mass is 15.6. The van der Waals surface area contributed by atoms with E-state index in [0.717, 1.165) is 0 Å². The van der Waals surface area contributed by atoms with E-state index in [1.165, 1.54) is 90.4 Å². The molecule has 2 nitrogen and oxygen atoms in total. The molecule has 0 aromatic rings. The van der Waals surface area contributed by atoms with Gasteiger partial charge in [-0.15, -0.1) is 0 Å². The second kappa shape index (κ2) is 7.29. The molecule has 2 aliphatic heterocycles. The van der Waals surface area contributed by atoms with Crippen molar-refractivity contribution < 1.29 is 0 Å². The van der Waals surface area contributed by atoms with Crippen LogP contribution in [0.1, 0.15) is 64.2 Å². The fourth-order valence-electron chi connectivity index (χ4n) is 3.03. The number of hydrogen-bond acceptors (Lipinski definition) is 2. The Morgan fingerprint density at radius 3 is 0.875 bits per heavy atom. The Kier molecular flexibility index (Phi) is 5.64. The van der Waals surface area contributed by atoms with Gasteiger partial charge in [-0.1, -0.05) is 38.5 Å². The molecule has 0 saturated carbocycles. The van der Waals surface area contributed by atoms with Gasteiger partial charge in [0.1, 0.15) is 0 Å². The van der Waals surface area contributed by atoms with Gasteiger partial charge in [-0.3, -0.25) is 0 Å². The molecule has 16 heavy (non-hydrogen) atoms. The molecule has 0 atom stereocenters. The Balaban J connectivity index is 1.81. The zero-order chi connectivity index (χ0) is 11.1. The van der Waals surface area contributed by atoms with E-state index in [2.05, 4.69) is 10.0 Å². The van der Waals surface area contributed by atoms with E-state index in [-0.39, 0.29) is 0 Å². The van der Waals surface area contributed by atoms with Crippen molar-refractivity contribution in [3.63, 3.8) is 0 Å². The Bertz CT molecular complexity index is 146. The van der Waals surface area contributed by atoms with Crippen LogP contribution < -0.4 is 0 Å². The topological polar surface area (TPSA) is 6.48 Å². The largest absolute Gasteiger partial charge is 0.242 e. The zero-order valence-corrected chi connectivity index (χ0v) is 10.8. The summed E-state index contributed by atoms with van der Waals surface area (Å²) in [7, 11) is 0. The van der Waals surface area contributed by atoms with Crippen molar-refractivity contribution in [2.45, 2.75) is 64.2 Å². The van der Waals surface area contributed by atoms with Gasteiger partial charge in [0.05, 0.1) is 0 Å². The Morgan fingerprint density at radius 1 is 0.312 bits per heavy atom. The van der Waals surface area contributed by atoms with Gasteiger partial charge in [0.25, 0.3) is 0 Å². The molecule has 2 heteroatoms. The lowest BCUT2D eigenvalue weighted by Gasteiger charge is -2.37. The highest BCUT2D eigenvalue weighted by Gasteiger charge is 2.16. The van der Waals surface area contributed by atoms with Gasteiger partial charge >= 0.3 is 0 Å². The zero-order valence-electron chi connectivity index (χ0n) is 10.8. The highest BCUT2D eigenvalue weighted by Crippen LogP contribution is 2.16. The minimum absolute atomic E-state index is 1.32. The van der Waals surface area contributed by atoms with Crippen LogP contribution in [0.25, 0.3) is 0 Å². The van der Waals surface area contributed by atoms with Crippen LogP contribution in [0.15, 0.2) is 0 Å². The van der Waals surface area contributed by atoms with Crippen molar-refractivity contribution >= 4 is 0 Å². The number of nitrogens with zero attached hydrogens (tertiary/aromatic N) is 2. The normalized spacial score (nSPS) is 27.8. The molecule has 2 fully saturated rings. The quantitative estimate of drug-likeness (QED) is 0.673. The maximum atomic E-state index is 2.67. The van der Waals surface area contributed by atoms with Crippen molar-refractivity contribution in [1.82, 2.24) is 10.0 Å². The van der Waals surface area contributed by atoms with Gasteiger partial charge in [0, 0.05) is 26.2 Å². The summed E-state index contributed by atoms with van der Waals surface area (Å²) in [5, 5.41) is 5.34. The van der Waals surface area contributed by atoms with Crippen molar-refractivity contribution in [2.75, 3.05) is 26.2 Å². The van der Waals surface area contributed by atoms with Crippen molar-refractivity contribution in [2.24, 2.45) is 0 Å². The second-order valence-electron chi connectivity index (χ2n) is 5.44. The second-order valence-corrected chi connectivity index (χ2v) is 5.44. The fourth-order valence-corrected chi connectivity index (χ4v) is 3.03. The summed E-state index contributed by atoms with van der Waals surface area (Å²) in [5.41, 5.74) is 0. The molecule has 2 rings (SSSR count). The van der Waals surface area contributed by atoms with Gasteiger partial charge in [0.2, 0.25) is 0 Å². The van der Waals surface area contributed by atoms with Crippen molar-refractivity contribution in [3.05, 3.63) is 0 Å². The first-order valence-corrected chi connectivity index (χ1v) is 7.46. The van der Waals surface area contributed by atoms with E-state index in [9.17, 15) is 0 Å². The minimum atomic E-state index is 1.32. The summed E-state index contributed by atoms with van der Waals surface area (Å²) in [6.07, 6.45) is 14.4. The predicted octanol–water partition coefficient (Wildman–Crippen LogP) is 3.43. The van der Waals surface area contributed by atoms with Gasteiger partial charge < -0.3 is 0 Å². The average molecular weight is 224 g/mol. The van der Waals surface area contributed by atoms with Crippen LogP contribution in [0, 0.1) is 0 Å². The maximum absolute atomic E-state index is 2.67. The molecule has 0 unspecified atom stereocenters. The van der Waals surface area contributed by atoms with E-state index < -0.39 is 0 Å². The summed E-state index contributed by atoms with van der Waals surface area (Å²) < 4.78 is 0. The smallest absolute Gasteiger partial charge is 0.0133 e. The van der Waals surface area contributed by atoms with Crippen LogP contribution in [0.3, 0.4) is 0 Å². The Labute approximate surface area is 101 Å². The van der Waals surface area contributed by atoms with E-state index >= 15 is 0 Å². The molecule has 0 bridgehead atoms. The van der Waals surface area contributed by atoms with Gasteiger partial charge in [-0.25, -0.2) is 10.0 Å². The lowest BCUT2D eigenvalue weighted by atomic mass is 10.1.